The third kappa shape index (κ3) is 4.41. The lowest BCUT2D eigenvalue weighted by Gasteiger charge is -2.35. The number of nitrogens with zero attached hydrogens (tertiary/aromatic N) is 4. The molecular formula is C25H24FN5O2S. The zero-order chi connectivity index (χ0) is 23.8. The smallest absolute Gasteiger partial charge is 0.290 e. The Labute approximate surface area is 201 Å². The van der Waals surface area contributed by atoms with Crippen LogP contribution in [0, 0.1) is 12.7 Å². The third-order valence-corrected chi connectivity index (χ3v) is 6.96. The van der Waals surface area contributed by atoms with Crippen molar-refractivity contribution in [1.82, 2.24) is 20.2 Å². The van der Waals surface area contributed by atoms with Crippen molar-refractivity contribution in [2.75, 3.05) is 37.6 Å². The van der Waals surface area contributed by atoms with Gasteiger partial charge in [-0.3, -0.25) is 14.9 Å². The summed E-state index contributed by atoms with van der Waals surface area (Å²) in [4.78, 5) is 37.3. The molecule has 2 aliphatic rings. The second-order valence-electron chi connectivity index (χ2n) is 8.34. The summed E-state index contributed by atoms with van der Waals surface area (Å²) >= 11 is 0.868. The van der Waals surface area contributed by atoms with Gasteiger partial charge in [-0.2, -0.15) is 0 Å². The number of thioether (sulfide) groups is 1. The number of hydrogen-bond acceptors (Lipinski definition) is 7. The van der Waals surface area contributed by atoms with Gasteiger partial charge in [0.2, 0.25) is 0 Å². The summed E-state index contributed by atoms with van der Waals surface area (Å²) in [5.41, 5.74) is 3.36. The van der Waals surface area contributed by atoms with Crippen LogP contribution in [0.4, 0.5) is 14.9 Å². The molecule has 2 fully saturated rings. The molecule has 9 heteroatoms. The predicted octanol–water partition coefficient (Wildman–Crippen LogP) is 4.21. The van der Waals surface area contributed by atoms with Gasteiger partial charge in [0.1, 0.15) is 11.6 Å². The Kier molecular flexibility index (Phi) is 6.05. The number of carbonyl (C=O) groups excluding carboxylic acids is 2. The fourth-order valence-electron chi connectivity index (χ4n) is 4.36. The van der Waals surface area contributed by atoms with E-state index in [1.807, 2.05) is 37.3 Å². The maximum absolute atomic E-state index is 15.2. The molecule has 5 rings (SSSR count). The molecule has 0 saturated carbocycles. The number of imide groups is 1. The minimum absolute atomic E-state index is 0.275. The molecule has 0 unspecified atom stereocenters. The normalized spacial score (nSPS) is 18.2. The Morgan fingerprint density at radius 2 is 1.88 bits per heavy atom. The number of rotatable bonds is 4. The predicted molar refractivity (Wildman–Crippen MR) is 133 cm³/mol. The Hall–Kier alpha value is -3.30. The van der Waals surface area contributed by atoms with E-state index in [0.717, 1.165) is 61.0 Å². The van der Waals surface area contributed by atoms with Crippen LogP contribution < -0.4 is 10.2 Å². The van der Waals surface area contributed by atoms with Gasteiger partial charge >= 0.3 is 0 Å². The number of anilines is 1. The van der Waals surface area contributed by atoms with E-state index < -0.39 is 5.91 Å². The standard InChI is InChI=1S/C25H24FN5O2S/c1-3-30-8-10-31(11-9-30)21-7-5-17(14-19(21)26)23-18-12-16(4-6-20(18)27-15(2)28-23)13-22-24(32)29-25(33)34-22/h4-7,12-14H,3,8-11H2,1-2H3,(H,29,32,33). The maximum atomic E-state index is 15.2. The Morgan fingerprint density at radius 3 is 2.56 bits per heavy atom. The summed E-state index contributed by atoms with van der Waals surface area (Å²) in [6, 6.07) is 10.8. The molecule has 0 atom stereocenters. The topological polar surface area (TPSA) is 78.4 Å². The van der Waals surface area contributed by atoms with E-state index in [-0.39, 0.29) is 11.1 Å². The summed E-state index contributed by atoms with van der Waals surface area (Å²) in [6.07, 6.45) is 1.66. The Bertz CT molecular complexity index is 1330. The van der Waals surface area contributed by atoms with Gasteiger partial charge in [-0.15, -0.1) is 0 Å². The van der Waals surface area contributed by atoms with E-state index >= 15 is 4.39 Å². The van der Waals surface area contributed by atoms with Crippen LogP contribution in [0.3, 0.4) is 0 Å². The van der Waals surface area contributed by atoms with Gasteiger partial charge in [0, 0.05) is 37.1 Å². The molecule has 2 aliphatic heterocycles. The maximum Gasteiger partial charge on any atom is 0.290 e. The third-order valence-electron chi connectivity index (χ3n) is 6.15. The van der Waals surface area contributed by atoms with Gasteiger partial charge < -0.3 is 9.80 Å². The van der Waals surface area contributed by atoms with Crippen molar-refractivity contribution in [1.29, 1.82) is 0 Å². The molecule has 34 heavy (non-hydrogen) atoms. The fraction of sp³-hybridized carbons (Fsp3) is 0.280. The summed E-state index contributed by atoms with van der Waals surface area (Å²) < 4.78 is 15.2. The minimum atomic E-state index is -0.409. The van der Waals surface area contributed by atoms with Crippen LogP contribution in [0.2, 0.25) is 0 Å². The first-order valence-electron chi connectivity index (χ1n) is 11.2. The summed E-state index contributed by atoms with van der Waals surface area (Å²) in [5, 5.41) is 2.62. The molecule has 3 heterocycles. The zero-order valence-corrected chi connectivity index (χ0v) is 19.8. The Morgan fingerprint density at radius 1 is 1.09 bits per heavy atom. The summed E-state index contributed by atoms with van der Waals surface area (Å²) in [5.74, 6) is -0.0966. The van der Waals surface area contributed by atoms with Crippen molar-refractivity contribution in [3.8, 4) is 11.3 Å². The molecule has 7 nitrogen and oxygen atoms in total. The number of hydrogen-bond donors (Lipinski definition) is 1. The summed E-state index contributed by atoms with van der Waals surface area (Å²) in [7, 11) is 0. The molecule has 3 aromatic rings. The van der Waals surface area contributed by atoms with Crippen LogP contribution in [0.1, 0.15) is 18.3 Å². The van der Waals surface area contributed by atoms with Gasteiger partial charge in [-0.25, -0.2) is 14.4 Å². The summed E-state index contributed by atoms with van der Waals surface area (Å²) in [6.45, 7) is 8.40. The van der Waals surface area contributed by atoms with Gasteiger partial charge in [-0.05, 0) is 61.1 Å². The lowest BCUT2D eigenvalue weighted by atomic mass is 10.0. The van der Waals surface area contributed by atoms with Crippen molar-refractivity contribution in [2.45, 2.75) is 13.8 Å². The highest BCUT2D eigenvalue weighted by atomic mass is 32.2. The highest BCUT2D eigenvalue weighted by molar-refractivity contribution is 8.18. The van der Waals surface area contributed by atoms with Crippen LogP contribution in [-0.4, -0.2) is 58.7 Å². The first kappa shape index (κ1) is 22.5. The van der Waals surface area contributed by atoms with E-state index in [4.69, 9.17) is 0 Å². The van der Waals surface area contributed by atoms with Crippen molar-refractivity contribution in [3.63, 3.8) is 0 Å². The van der Waals surface area contributed by atoms with E-state index in [0.29, 0.717) is 27.7 Å². The minimum Gasteiger partial charge on any atom is -0.367 e. The van der Waals surface area contributed by atoms with Gasteiger partial charge in [0.05, 0.1) is 21.8 Å². The average molecular weight is 478 g/mol. The quantitative estimate of drug-likeness (QED) is 0.564. The molecule has 2 aromatic carbocycles. The second kappa shape index (κ2) is 9.15. The lowest BCUT2D eigenvalue weighted by molar-refractivity contribution is -0.115. The molecule has 1 aromatic heterocycles. The molecule has 2 amide bonds. The number of amides is 2. The SMILES string of the molecule is CCN1CCN(c2ccc(-c3nc(C)nc4ccc(C=C5SC(=O)NC5=O)cc34)cc2F)CC1. The number of piperazine rings is 1. The number of carbonyl (C=O) groups is 2. The molecular weight excluding hydrogens is 453 g/mol. The van der Waals surface area contributed by atoms with E-state index in [2.05, 4.69) is 32.0 Å². The number of fused-ring (bicyclic) bond motifs is 1. The molecule has 2 saturated heterocycles. The molecule has 1 N–H and O–H groups in total. The lowest BCUT2D eigenvalue weighted by Crippen LogP contribution is -2.46. The van der Waals surface area contributed by atoms with Crippen molar-refractivity contribution < 1.29 is 14.0 Å². The number of aromatic nitrogens is 2. The monoisotopic (exact) mass is 477 g/mol. The highest BCUT2D eigenvalue weighted by Crippen LogP contribution is 2.32. The van der Waals surface area contributed by atoms with E-state index in [1.165, 1.54) is 6.07 Å². The molecule has 0 spiro atoms. The van der Waals surface area contributed by atoms with E-state index in [1.54, 1.807) is 6.08 Å². The van der Waals surface area contributed by atoms with Gasteiger partial charge in [0.25, 0.3) is 11.1 Å². The fourth-order valence-corrected chi connectivity index (χ4v) is 5.04. The van der Waals surface area contributed by atoms with Crippen LogP contribution >= 0.6 is 11.8 Å². The van der Waals surface area contributed by atoms with Crippen LogP contribution in [0.15, 0.2) is 41.3 Å². The first-order valence-corrected chi connectivity index (χ1v) is 12.0. The largest absolute Gasteiger partial charge is 0.367 e. The Balaban J connectivity index is 1.51. The van der Waals surface area contributed by atoms with E-state index in [9.17, 15) is 9.59 Å². The average Bonchev–Trinajstić information content (AvgIpc) is 3.15. The number of benzene rings is 2. The number of halogens is 1. The molecule has 174 valence electrons. The van der Waals surface area contributed by atoms with Crippen LogP contribution in [0.5, 0.6) is 0 Å². The van der Waals surface area contributed by atoms with Crippen molar-refractivity contribution >= 4 is 45.6 Å². The molecule has 0 aliphatic carbocycles. The van der Waals surface area contributed by atoms with Crippen LogP contribution in [0.25, 0.3) is 28.2 Å². The zero-order valence-electron chi connectivity index (χ0n) is 19.0. The number of nitrogens with one attached hydrogen (secondary N) is 1. The van der Waals surface area contributed by atoms with Gasteiger partial charge in [-0.1, -0.05) is 19.1 Å². The second-order valence-corrected chi connectivity index (χ2v) is 9.35. The van der Waals surface area contributed by atoms with Gasteiger partial charge in [0.15, 0.2) is 0 Å². The molecule has 0 bridgehead atoms. The van der Waals surface area contributed by atoms with Crippen LogP contribution in [-0.2, 0) is 4.79 Å². The first-order chi connectivity index (χ1) is 16.4. The molecule has 0 radical (unpaired) electrons. The number of aryl methyl sites for hydroxylation is 1. The number of likely N-dealkylation sites (N-methyl/N-ethyl adjacent to an activating group) is 1. The van der Waals surface area contributed by atoms with Crippen molar-refractivity contribution in [3.05, 3.63) is 58.5 Å². The van der Waals surface area contributed by atoms with Crippen molar-refractivity contribution in [2.24, 2.45) is 0 Å². The highest BCUT2D eigenvalue weighted by Gasteiger charge is 2.25.